The second-order valence-corrected chi connectivity index (χ2v) is 8.54. The lowest BCUT2D eigenvalue weighted by Gasteiger charge is -2.41. The van der Waals surface area contributed by atoms with E-state index < -0.39 is 5.60 Å². The van der Waals surface area contributed by atoms with E-state index in [9.17, 15) is 9.90 Å². The van der Waals surface area contributed by atoms with Crippen molar-refractivity contribution in [1.29, 1.82) is 0 Å². The van der Waals surface area contributed by atoms with Gasteiger partial charge in [-0.1, -0.05) is 6.42 Å². The minimum absolute atomic E-state index is 0. The lowest BCUT2D eigenvalue weighted by atomic mass is 9.83. The molecule has 6 nitrogen and oxygen atoms in total. The smallest absolute Gasteiger partial charge is 0.255 e. The molecule has 1 aliphatic carbocycles. The molecule has 0 aromatic carbocycles. The number of aromatic nitrogens is 1. The normalized spacial score (nSPS) is 24.2. The van der Waals surface area contributed by atoms with Gasteiger partial charge >= 0.3 is 0 Å². The maximum atomic E-state index is 12.9. The van der Waals surface area contributed by atoms with Gasteiger partial charge in [0.15, 0.2) is 5.60 Å². The number of likely N-dealkylation sites (tertiary alicyclic amines) is 1. The number of halogens is 2. The number of hydrogen-bond acceptors (Lipinski definition) is 5. The highest BCUT2D eigenvalue weighted by atomic mass is 35.5. The highest BCUT2D eigenvalue weighted by molar-refractivity contribution is 5.86. The minimum atomic E-state index is -1.26. The lowest BCUT2D eigenvalue weighted by Crippen LogP contribution is -2.58. The van der Waals surface area contributed by atoms with Crippen LogP contribution in [0.2, 0.25) is 0 Å². The number of rotatable bonds is 6. The van der Waals surface area contributed by atoms with Gasteiger partial charge in [-0.25, -0.2) is 0 Å². The number of pyridine rings is 1. The highest BCUT2D eigenvalue weighted by Gasteiger charge is 2.42. The Bertz CT molecular complexity index is 714. The summed E-state index contributed by atoms with van der Waals surface area (Å²) in [5, 5.41) is 17.8. The Kier molecular flexibility index (Phi) is 8.73. The molecule has 1 saturated carbocycles. The van der Waals surface area contributed by atoms with E-state index in [4.69, 9.17) is 0 Å². The van der Waals surface area contributed by atoms with E-state index in [0.717, 1.165) is 44.7 Å². The monoisotopic (exact) mass is 444 g/mol. The van der Waals surface area contributed by atoms with E-state index in [1.54, 1.807) is 0 Å². The zero-order chi connectivity index (χ0) is 18.9. The van der Waals surface area contributed by atoms with Gasteiger partial charge in [0.05, 0.1) is 0 Å². The molecule has 3 aliphatic rings. The number of nitrogens with one attached hydrogen (secondary N) is 2. The summed E-state index contributed by atoms with van der Waals surface area (Å²) in [6.07, 6.45) is 8.13. The summed E-state index contributed by atoms with van der Waals surface area (Å²) in [5.41, 5.74) is 3.65. The van der Waals surface area contributed by atoms with E-state index in [-0.39, 0.29) is 30.7 Å². The number of fused-ring (bicyclic) bond motifs is 1. The van der Waals surface area contributed by atoms with E-state index in [2.05, 4.69) is 15.6 Å². The fraction of sp³-hybridized carbons (Fsp3) is 0.714. The van der Waals surface area contributed by atoms with E-state index in [1.807, 2.05) is 18.0 Å². The van der Waals surface area contributed by atoms with Crippen LogP contribution >= 0.6 is 24.8 Å². The lowest BCUT2D eigenvalue weighted by molar-refractivity contribution is -0.157. The molecular weight excluding hydrogens is 411 g/mol. The van der Waals surface area contributed by atoms with Gasteiger partial charge in [-0.3, -0.25) is 9.78 Å². The number of amides is 1. The first-order valence-corrected chi connectivity index (χ1v) is 10.5. The molecule has 1 atom stereocenters. The average Bonchev–Trinajstić information content (AvgIpc) is 2.63. The van der Waals surface area contributed by atoms with Gasteiger partial charge < -0.3 is 20.6 Å². The Hall–Kier alpha value is -0.920. The van der Waals surface area contributed by atoms with Gasteiger partial charge in [0, 0.05) is 44.6 Å². The SMILES string of the molecule is Cc1ncc2c(c1CNCC1(O)CCCN(CC3CCC3)C1=O)CCNC2.Cl.Cl. The van der Waals surface area contributed by atoms with E-state index in [1.165, 1.54) is 36.0 Å². The van der Waals surface area contributed by atoms with Gasteiger partial charge in [0.25, 0.3) is 5.91 Å². The fourth-order valence-electron chi connectivity index (χ4n) is 4.66. The number of carbonyl (C=O) groups is 1. The summed E-state index contributed by atoms with van der Waals surface area (Å²) in [4.78, 5) is 19.3. The van der Waals surface area contributed by atoms with Crippen molar-refractivity contribution in [3.05, 3.63) is 28.6 Å². The predicted octanol–water partition coefficient (Wildman–Crippen LogP) is 2.12. The van der Waals surface area contributed by atoms with Gasteiger partial charge in [-0.2, -0.15) is 0 Å². The number of carbonyl (C=O) groups excluding carboxylic acids is 1. The maximum Gasteiger partial charge on any atom is 0.255 e. The Labute approximate surface area is 186 Å². The topological polar surface area (TPSA) is 77.5 Å². The first kappa shape index (κ1) is 24.4. The Morgan fingerprint density at radius 1 is 1.34 bits per heavy atom. The van der Waals surface area contributed by atoms with Crippen molar-refractivity contribution in [2.75, 3.05) is 26.2 Å². The minimum Gasteiger partial charge on any atom is -0.379 e. The molecule has 3 N–H and O–H groups in total. The Morgan fingerprint density at radius 3 is 2.86 bits per heavy atom. The maximum absolute atomic E-state index is 12.9. The van der Waals surface area contributed by atoms with Crippen LogP contribution < -0.4 is 10.6 Å². The van der Waals surface area contributed by atoms with Crippen LogP contribution in [0.15, 0.2) is 6.20 Å². The molecule has 1 unspecified atom stereocenters. The molecule has 1 amide bonds. The van der Waals surface area contributed by atoms with Crippen LogP contribution in [0.4, 0.5) is 0 Å². The summed E-state index contributed by atoms with van der Waals surface area (Å²) in [5.74, 6) is 0.560. The van der Waals surface area contributed by atoms with Crippen molar-refractivity contribution >= 4 is 30.7 Å². The molecular formula is C21H34Cl2N4O2. The molecule has 164 valence electrons. The second-order valence-electron chi connectivity index (χ2n) is 8.54. The first-order valence-electron chi connectivity index (χ1n) is 10.5. The summed E-state index contributed by atoms with van der Waals surface area (Å²) in [6, 6.07) is 0. The highest BCUT2D eigenvalue weighted by Crippen LogP contribution is 2.30. The summed E-state index contributed by atoms with van der Waals surface area (Å²) in [7, 11) is 0. The summed E-state index contributed by atoms with van der Waals surface area (Å²) < 4.78 is 0. The number of aliphatic hydroxyl groups is 1. The third-order valence-electron chi connectivity index (χ3n) is 6.60. The average molecular weight is 445 g/mol. The number of aryl methyl sites for hydroxylation is 1. The predicted molar refractivity (Wildman–Crippen MR) is 119 cm³/mol. The quantitative estimate of drug-likeness (QED) is 0.626. The van der Waals surface area contributed by atoms with E-state index >= 15 is 0 Å². The Balaban J connectivity index is 0.00000150. The van der Waals surface area contributed by atoms with E-state index in [0.29, 0.717) is 25.4 Å². The fourth-order valence-corrected chi connectivity index (χ4v) is 4.66. The molecule has 4 rings (SSSR count). The van der Waals surface area contributed by atoms with Crippen molar-refractivity contribution in [3.8, 4) is 0 Å². The van der Waals surface area contributed by atoms with Crippen LogP contribution in [0.5, 0.6) is 0 Å². The molecule has 0 radical (unpaired) electrons. The number of piperidine rings is 1. The molecule has 1 saturated heterocycles. The van der Waals surface area contributed by atoms with Crippen LogP contribution in [-0.4, -0.2) is 52.7 Å². The van der Waals surface area contributed by atoms with Crippen LogP contribution in [0, 0.1) is 12.8 Å². The van der Waals surface area contributed by atoms with Crippen LogP contribution in [0.3, 0.4) is 0 Å². The first-order chi connectivity index (χ1) is 13.1. The van der Waals surface area contributed by atoms with Gasteiger partial charge in [-0.15, -0.1) is 24.8 Å². The summed E-state index contributed by atoms with van der Waals surface area (Å²) >= 11 is 0. The molecule has 8 heteroatoms. The third kappa shape index (κ3) is 5.23. The molecule has 0 bridgehead atoms. The van der Waals surface area contributed by atoms with Crippen molar-refractivity contribution in [1.82, 2.24) is 20.5 Å². The second kappa shape index (κ2) is 10.4. The number of hydrogen-bond donors (Lipinski definition) is 3. The third-order valence-corrected chi connectivity index (χ3v) is 6.60. The summed E-state index contributed by atoms with van der Waals surface area (Å²) in [6.45, 7) is 6.48. The molecule has 1 aromatic rings. The molecule has 2 aliphatic heterocycles. The van der Waals surface area contributed by atoms with Crippen molar-refractivity contribution in [3.63, 3.8) is 0 Å². The van der Waals surface area contributed by atoms with Gasteiger partial charge in [0.1, 0.15) is 0 Å². The van der Waals surface area contributed by atoms with Crippen molar-refractivity contribution in [2.45, 2.75) is 64.1 Å². The van der Waals surface area contributed by atoms with Crippen molar-refractivity contribution in [2.24, 2.45) is 5.92 Å². The van der Waals surface area contributed by atoms with Crippen LogP contribution in [0.1, 0.15) is 54.5 Å². The van der Waals surface area contributed by atoms with Crippen molar-refractivity contribution < 1.29 is 9.90 Å². The molecule has 2 fully saturated rings. The zero-order valence-corrected chi connectivity index (χ0v) is 18.8. The number of nitrogens with zero attached hydrogens (tertiary/aromatic N) is 2. The standard InChI is InChI=1S/C21H32N4O2.2ClH/c1-15-19(18-6-8-22-10-17(18)11-24-15)12-23-14-21(27)7-3-9-25(20(21)26)13-16-4-2-5-16;;/h11,16,22-23,27H,2-10,12-14H2,1H3;2*1H. The largest absolute Gasteiger partial charge is 0.379 e. The molecule has 1 aromatic heterocycles. The van der Waals surface area contributed by atoms with Crippen LogP contribution in [-0.2, 0) is 24.3 Å². The van der Waals surface area contributed by atoms with Crippen LogP contribution in [0.25, 0.3) is 0 Å². The molecule has 3 heterocycles. The zero-order valence-electron chi connectivity index (χ0n) is 17.2. The van der Waals surface area contributed by atoms with Gasteiger partial charge in [0.2, 0.25) is 0 Å². The van der Waals surface area contributed by atoms with Gasteiger partial charge in [-0.05, 0) is 68.2 Å². The molecule has 0 spiro atoms. The Morgan fingerprint density at radius 2 is 2.14 bits per heavy atom. The molecule has 29 heavy (non-hydrogen) atoms.